The minimum absolute atomic E-state index is 0.0593. The van der Waals surface area contributed by atoms with E-state index in [1.165, 1.54) is 0 Å². The van der Waals surface area contributed by atoms with Crippen molar-refractivity contribution in [3.8, 4) is 11.3 Å². The molecule has 3 heterocycles. The van der Waals surface area contributed by atoms with Crippen molar-refractivity contribution in [2.45, 2.75) is 32.9 Å². The zero-order valence-electron chi connectivity index (χ0n) is 18.2. The number of hydrogen-bond acceptors (Lipinski definition) is 6. The molecule has 1 saturated heterocycles. The summed E-state index contributed by atoms with van der Waals surface area (Å²) in [6.07, 6.45) is 0.0589. The molecule has 2 aromatic heterocycles. The fraction of sp³-hybridized carbons (Fsp3) is 0.348. The molecule has 166 valence electrons. The number of aromatic nitrogens is 4. The van der Waals surface area contributed by atoms with Crippen molar-refractivity contribution < 1.29 is 14.3 Å². The fourth-order valence-electron chi connectivity index (χ4n) is 3.78. The number of hydrogen-bond donors (Lipinski definition) is 1. The maximum Gasteiger partial charge on any atom is 0.248 e. The number of benzene rings is 1. The number of pyridine rings is 1. The molecule has 9 heteroatoms. The van der Waals surface area contributed by atoms with Crippen LogP contribution >= 0.6 is 0 Å². The lowest BCUT2D eigenvalue weighted by Crippen LogP contribution is -2.42. The van der Waals surface area contributed by atoms with Crippen molar-refractivity contribution in [1.82, 2.24) is 24.6 Å². The Balaban J connectivity index is 1.42. The van der Waals surface area contributed by atoms with E-state index in [1.807, 2.05) is 49.1 Å². The van der Waals surface area contributed by atoms with Crippen LogP contribution in [0, 0.1) is 13.8 Å². The van der Waals surface area contributed by atoms with Gasteiger partial charge in [0.1, 0.15) is 17.8 Å². The summed E-state index contributed by atoms with van der Waals surface area (Å²) >= 11 is 0. The fourth-order valence-corrected chi connectivity index (χ4v) is 3.78. The van der Waals surface area contributed by atoms with Gasteiger partial charge < -0.3 is 15.4 Å². The van der Waals surface area contributed by atoms with Gasteiger partial charge in [-0.2, -0.15) is 5.10 Å². The summed E-state index contributed by atoms with van der Waals surface area (Å²) in [7, 11) is 0. The summed E-state index contributed by atoms with van der Waals surface area (Å²) in [4.78, 5) is 34.9. The van der Waals surface area contributed by atoms with Gasteiger partial charge in [-0.05, 0) is 38.1 Å². The van der Waals surface area contributed by atoms with Crippen molar-refractivity contribution in [3.63, 3.8) is 0 Å². The van der Waals surface area contributed by atoms with Crippen LogP contribution in [0.25, 0.3) is 11.3 Å². The van der Waals surface area contributed by atoms with E-state index in [4.69, 9.17) is 15.5 Å². The predicted molar refractivity (Wildman–Crippen MR) is 118 cm³/mol. The van der Waals surface area contributed by atoms with Crippen molar-refractivity contribution in [1.29, 1.82) is 0 Å². The van der Waals surface area contributed by atoms with Crippen LogP contribution in [0.5, 0.6) is 0 Å². The largest absolute Gasteiger partial charge is 0.368 e. The molecular weight excluding hydrogens is 408 g/mol. The van der Waals surface area contributed by atoms with Crippen molar-refractivity contribution in [2.75, 3.05) is 19.7 Å². The Morgan fingerprint density at radius 2 is 1.91 bits per heavy atom. The third-order valence-corrected chi connectivity index (χ3v) is 5.48. The third-order valence-electron chi connectivity index (χ3n) is 5.48. The topological polar surface area (TPSA) is 116 Å². The van der Waals surface area contributed by atoms with Crippen molar-refractivity contribution in [3.05, 3.63) is 65.4 Å². The number of nitrogens with two attached hydrogens (primary N) is 1. The molecule has 0 aliphatic carbocycles. The van der Waals surface area contributed by atoms with Crippen molar-refractivity contribution in [2.24, 2.45) is 5.73 Å². The molecule has 1 aromatic carbocycles. The first kappa shape index (κ1) is 21.6. The molecule has 4 rings (SSSR count). The number of carbonyl (C=O) groups is 2. The van der Waals surface area contributed by atoms with E-state index in [-0.39, 0.29) is 12.0 Å². The smallest absolute Gasteiger partial charge is 0.248 e. The van der Waals surface area contributed by atoms with E-state index in [2.05, 4.69) is 10.1 Å². The van der Waals surface area contributed by atoms with Gasteiger partial charge >= 0.3 is 0 Å². The summed E-state index contributed by atoms with van der Waals surface area (Å²) in [6, 6.07) is 12.7. The van der Waals surface area contributed by atoms with Crippen LogP contribution in [0.4, 0.5) is 0 Å². The Hall–Kier alpha value is -3.59. The summed E-state index contributed by atoms with van der Waals surface area (Å²) < 4.78 is 7.69. The molecule has 0 saturated carbocycles. The van der Waals surface area contributed by atoms with Crippen LogP contribution in [0.1, 0.15) is 40.2 Å². The Kier molecular flexibility index (Phi) is 6.27. The van der Waals surface area contributed by atoms with Gasteiger partial charge in [0, 0.05) is 24.1 Å². The van der Waals surface area contributed by atoms with E-state index in [9.17, 15) is 9.59 Å². The highest BCUT2D eigenvalue weighted by atomic mass is 16.5. The highest BCUT2D eigenvalue weighted by Crippen LogP contribution is 2.25. The monoisotopic (exact) mass is 434 g/mol. The molecule has 32 heavy (non-hydrogen) atoms. The molecule has 2 amide bonds. The SMILES string of the molecule is Cc1nc(C)n(CCC(=O)N2CCO[C@H](c3cccc(-c4ccc(C(N)=O)cc4)n3)C2)n1. The normalized spacial score (nSPS) is 16.2. The van der Waals surface area contributed by atoms with Gasteiger partial charge in [-0.3, -0.25) is 9.59 Å². The molecule has 2 N–H and O–H groups in total. The first-order valence-corrected chi connectivity index (χ1v) is 10.6. The lowest BCUT2D eigenvalue weighted by Gasteiger charge is -2.33. The van der Waals surface area contributed by atoms with E-state index in [1.54, 1.807) is 16.8 Å². The highest BCUT2D eigenvalue weighted by Gasteiger charge is 2.26. The van der Waals surface area contributed by atoms with Gasteiger partial charge in [-0.15, -0.1) is 0 Å². The molecule has 3 aromatic rings. The molecule has 0 radical (unpaired) electrons. The van der Waals surface area contributed by atoms with E-state index in [0.717, 1.165) is 22.8 Å². The molecule has 1 aliphatic rings. The molecule has 9 nitrogen and oxygen atoms in total. The first-order valence-electron chi connectivity index (χ1n) is 10.6. The summed E-state index contributed by atoms with van der Waals surface area (Å²) in [5.41, 5.74) is 8.17. The Labute approximate surface area is 186 Å². The molecule has 1 aliphatic heterocycles. The summed E-state index contributed by atoms with van der Waals surface area (Å²) in [6.45, 7) is 5.68. The number of primary amides is 1. The van der Waals surface area contributed by atoms with Crippen LogP contribution < -0.4 is 5.73 Å². The Morgan fingerprint density at radius 3 is 2.59 bits per heavy atom. The van der Waals surface area contributed by atoms with Crippen LogP contribution in [-0.2, 0) is 16.1 Å². The number of morpholine rings is 1. The van der Waals surface area contributed by atoms with Gasteiger partial charge in [0.05, 0.1) is 31.1 Å². The molecule has 1 atom stereocenters. The minimum atomic E-state index is -0.465. The second-order valence-electron chi connectivity index (χ2n) is 7.77. The Bertz CT molecular complexity index is 1130. The quantitative estimate of drug-likeness (QED) is 0.635. The molecule has 0 spiro atoms. The lowest BCUT2D eigenvalue weighted by molar-refractivity contribution is -0.139. The average molecular weight is 435 g/mol. The number of rotatable bonds is 6. The molecule has 0 bridgehead atoms. The maximum atomic E-state index is 12.8. The first-order chi connectivity index (χ1) is 15.4. The van der Waals surface area contributed by atoms with Crippen LogP contribution in [0.15, 0.2) is 42.5 Å². The van der Waals surface area contributed by atoms with Crippen molar-refractivity contribution >= 4 is 11.8 Å². The molecular formula is C23H26N6O3. The molecule has 0 unspecified atom stereocenters. The van der Waals surface area contributed by atoms with Crippen LogP contribution in [0.3, 0.4) is 0 Å². The minimum Gasteiger partial charge on any atom is -0.368 e. The predicted octanol–water partition coefficient (Wildman–Crippen LogP) is 2.05. The Morgan fingerprint density at radius 1 is 1.12 bits per heavy atom. The van der Waals surface area contributed by atoms with Gasteiger partial charge in [-0.1, -0.05) is 18.2 Å². The van der Waals surface area contributed by atoms with Gasteiger partial charge in [0.15, 0.2) is 0 Å². The number of amides is 2. The lowest BCUT2D eigenvalue weighted by atomic mass is 10.1. The van der Waals surface area contributed by atoms with Gasteiger partial charge in [0.25, 0.3) is 0 Å². The van der Waals surface area contributed by atoms with Crippen LogP contribution in [-0.4, -0.2) is 56.2 Å². The number of aryl methyl sites for hydroxylation is 3. The summed E-state index contributed by atoms with van der Waals surface area (Å²) in [5, 5.41) is 4.32. The van der Waals surface area contributed by atoms with E-state index in [0.29, 0.717) is 44.0 Å². The number of ether oxygens (including phenoxy) is 1. The molecule has 1 fully saturated rings. The number of nitrogens with zero attached hydrogens (tertiary/aromatic N) is 5. The van der Waals surface area contributed by atoms with Gasteiger partial charge in [0.2, 0.25) is 11.8 Å². The van der Waals surface area contributed by atoms with E-state index >= 15 is 0 Å². The highest BCUT2D eigenvalue weighted by molar-refractivity contribution is 5.93. The van der Waals surface area contributed by atoms with Gasteiger partial charge in [-0.25, -0.2) is 14.6 Å². The van der Waals surface area contributed by atoms with E-state index < -0.39 is 5.91 Å². The zero-order chi connectivity index (χ0) is 22.7. The van der Waals surface area contributed by atoms with Crippen LogP contribution in [0.2, 0.25) is 0 Å². The second-order valence-corrected chi connectivity index (χ2v) is 7.77. The second kappa shape index (κ2) is 9.27. The third kappa shape index (κ3) is 4.83. The maximum absolute atomic E-state index is 12.8. The standard InChI is InChI=1S/C23H26N6O3/c1-15-25-16(2)29(27-15)11-10-22(30)28-12-13-32-21(14-28)20-5-3-4-19(26-20)17-6-8-18(9-7-17)23(24)31/h3-9,21H,10-14H2,1-2H3,(H2,24,31)/t21-/m0/s1. The average Bonchev–Trinajstić information content (AvgIpc) is 3.14. The number of carbonyl (C=O) groups excluding carboxylic acids is 2. The summed E-state index contributed by atoms with van der Waals surface area (Å²) in [5.74, 6) is 1.11. The zero-order valence-corrected chi connectivity index (χ0v) is 18.2.